The van der Waals surface area contributed by atoms with E-state index in [2.05, 4.69) is 44.7 Å². The number of nitrogens with zero attached hydrogens (tertiary/aromatic N) is 4. The van der Waals surface area contributed by atoms with E-state index in [4.69, 9.17) is 16.3 Å². The Labute approximate surface area is 157 Å². The van der Waals surface area contributed by atoms with Crippen molar-refractivity contribution in [3.8, 4) is 5.75 Å². The Bertz CT molecular complexity index is 856. The highest BCUT2D eigenvalue weighted by molar-refractivity contribution is 6.32. The van der Waals surface area contributed by atoms with Gasteiger partial charge in [0.2, 0.25) is 5.95 Å². The molecule has 4 rings (SSSR count). The summed E-state index contributed by atoms with van der Waals surface area (Å²) in [5, 5.41) is 6.89. The number of halogens is 1. The lowest BCUT2D eigenvalue weighted by Gasteiger charge is -2.26. The summed E-state index contributed by atoms with van der Waals surface area (Å²) in [5.74, 6) is 1.92. The molecular formula is C18H21ClN6O. The highest BCUT2D eigenvalue weighted by atomic mass is 35.5. The Morgan fingerprint density at radius 2 is 2.19 bits per heavy atom. The fraction of sp³-hybridized carbons (Fsp3) is 0.333. The minimum absolute atomic E-state index is 0.479. The summed E-state index contributed by atoms with van der Waals surface area (Å²) in [6, 6.07) is 4.23. The summed E-state index contributed by atoms with van der Waals surface area (Å²) in [6.07, 6.45) is 6.39. The zero-order valence-electron chi connectivity index (χ0n) is 14.8. The summed E-state index contributed by atoms with van der Waals surface area (Å²) in [7, 11) is 3.81. The molecule has 0 saturated carbocycles. The van der Waals surface area contributed by atoms with Crippen molar-refractivity contribution in [1.29, 1.82) is 0 Å². The molecule has 0 amide bonds. The van der Waals surface area contributed by atoms with Crippen LogP contribution in [0, 0.1) is 0 Å². The van der Waals surface area contributed by atoms with E-state index in [-0.39, 0.29) is 0 Å². The van der Waals surface area contributed by atoms with Gasteiger partial charge in [0.05, 0.1) is 25.7 Å². The third-order valence-electron chi connectivity index (χ3n) is 4.60. The van der Waals surface area contributed by atoms with Crippen LogP contribution >= 0.6 is 11.6 Å². The number of hydrogen-bond acceptors (Lipinski definition) is 7. The third-order valence-corrected chi connectivity index (χ3v) is 4.87. The molecule has 0 radical (unpaired) electrons. The summed E-state index contributed by atoms with van der Waals surface area (Å²) in [6.45, 7) is 2.61. The molecule has 7 nitrogen and oxygen atoms in total. The second-order valence-corrected chi connectivity index (χ2v) is 6.85. The Morgan fingerprint density at radius 3 is 2.96 bits per heavy atom. The average molecular weight is 373 g/mol. The average Bonchev–Trinajstić information content (AvgIpc) is 3.17. The van der Waals surface area contributed by atoms with Crippen molar-refractivity contribution in [1.82, 2.24) is 20.2 Å². The number of hydrogen-bond donors (Lipinski definition) is 2. The first-order valence-electron chi connectivity index (χ1n) is 8.48. The van der Waals surface area contributed by atoms with Gasteiger partial charge in [-0.2, -0.15) is 4.98 Å². The number of ether oxygens (including phenoxy) is 1. The fourth-order valence-electron chi connectivity index (χ4n) is 3.23. The van der Waals surface area contributed by atoms with Crippen molar-refractivity contribution in [2.24, 2.45) is 0 Å². The molecule has 0 spiro atoms. The minimum atomic E-state index is 0.479. The van der Waals surface area contributed by atoms with Gasteiger partial charge < -0.3 is 25.2 Å². The van der Waals surface area contributed by atoms with Crippen LogP contribution in [0.25, 0.3) is 0 Å². The highest BCUT2D eigenvalue weighted by Gasteiger charge is 2.18. The molecule has 0 bridgehead atoms. The second-order valence-electron chi connectivity index (χ2n) is 6.45. The number of anilines is 3. The first kappa shape index (κ1) is 16.9. The molecule has 2 N–H and O–H groups in total. The maximum atomic E-state index is 6.26. The fourth-order valence-corrected chi connectivity index (χ4v) is 3.43. The summed E-state index contributed by atoms with van der Waals surface area (Å²) < 4.78 is 5.57. The lowest BCUT2D eigenvalue weighted by molar-refractivity contribution is 0.312. The largest absolute Gasteiger partial charge is 0.495 e. The molecule has 26 heavy (non-hydrogen) atoms. The van der Waals surface area contributed by atoms with Crippen molar-refractivity contribution in [2.45, 2.75) is 13.0 Å². The van der Waals surface area contributed by atoms with Gasteiger partial charge in [-0.25, -0.2) is 4.98 Å². The Kier molecular flexibility index (Phi) is 4.57. The maximum absolute atomic E-state index is 6.26. The number of methoxy groups -OCH3 is 1. The van der Waals surface area contributed by atoms with Crippen LogP contribution in [0.4, 0.5) is 17.5 Å². The van der Waals surface area contributed by atoms with Gasteiger partial charge in [-0.15, -0.1) is 0 Å². The Hall–Kier alpha value is -2.51. The number of aromatic nitrogens is 2. The van der Waals surface area contributed by atoms with Crippen LogP contribution in [0.5, 0.6) is 5.75 Å². The van der Waals surface area contributed by atoms with E-state index >= 15 is 0 Å². The molecule has 3 heterocycles. The lowest BCUT2D eigenvalue weighted by Crippen LogP contribution is -2.26. The lowest BCUT2D eigenvalue weighted by atomic mass is 9.99. The molecule has 0 fully saturated rings. The molecule has 0 atom stereocenters. The quantitative estimate of drug-likeness (QED) is 0.855. The van der Waals surface area contributed by atoms with Gasteiger partial charge in [0.1, 0.15) is 10.8 Å². The van der Waals surface area contributed by atoms with Crippen LogP contribution in [-0.4, -0.2) is 42.2 Å². The molecule has 2 aromatic rings. The van der Waals surface area contributed by atoms with Gasteiger partial charge in [-0.05, 0) is 36.7 Å². The van der Waals surface area contributed by atoms with Gasteiger partial charge in [-0.3, -0.25) is 0 Å². The standard InChI is InChI=1S/C18H21ClN6O/c1-24-5-3-12-8-16(26-2)15(7-13(12)10-24)22-18-21-9-14(19)17(23-18)25-6-4-20-11-25/h4,6-9,20H,3,5,10-11H2,1-2H3,(H,21,22,23). The molecule has 2 aliphatic rings. The van der Waals surface area contributed by atoms with Crippen LogP contribution in [-0.2, 0) is 13.0 Å². The van der Waals surface area contributed by atoms with Crippen LogP contribution < -0.4 is 20.3 Å². The molecular weight excluding hydrogens is 352 g/mol. The van der Waals surface area contributed by atoms with E-state index in [9.17, 15) is 0 Å². The summed E-state index contributed by atoms with van der Waals surface area (Å²) in [5.41, 5.74) is 3.48. The van der Waals surface area contributed by atoms with Crippen molar-refractivity contribution in [3.05, 3.63) is 46.9 Å². The predicted molar refractivity (Wildman–Crippen MR) is 103 cm³/mol. The molecule has 0 saturated heterocycles. The second kappa shape index (κ2) is 7.01. The zero-order valence-corrected chi connectivity index (χ0v) is 15.5. The zero-order chi connectivity index (χ0) is 18.1. The van der Waals surface area contributed by atoms with Gasteiger partial charge in [-0.1, -0.05) is 11.6 Å². The number of fused-ring (bicyclic) bond motifs is 1. The smallest absolute Gasteiger partial charge is 0.229 e. The molecule has 8 heteroatoms. The molecule has 1 aromatic heterocycles. The van der Waals surface area contributed by atoms with E-state index in [1.165, 1.54) is 11.1 Å². The Morgan fingerprint density at radius 1 is 1.31 bits per heavy atom. The van der Waals surface area contributed by atoms with Gasteiger partial charge in [0.25, 0.3) is 0 Å². The molecule has 136 valence electrons. The first-order valence-corrected chi connectivity index (χ1v) is 8.86. The maximum Gasteiger partial charge on any atom is 0.229 e. The van der Waals surface area contributed by atoms with Crippen LogP contribution in [0.2, 0.25) is 5.02 Å². The number of likely N-dealkylation sites (N-methyl/N-ethyl adjacent to an activating group) is 1. The first-order chi connectivity index (χ1) is 12.6. The van der Waals surface area contributed by atoms with Crippen molar-refractivity contribution in [3.63, 3.8) is 0 Å². The number of benzene rings is 1. The van der Waals surface area contributed by atoms with E-state index in [0.717, 1.165) is 30.9 Å². The van der Waals surface area contributed by atoms with Crippen molar-refractivity contribution in [2.75, 3.05) is 37.6 Å². The normalized spacial score (nSPS) is 16.3. The molecule has 1 aromatic carbocycles. The van der Waals surface area contributed by atoms with Crippen molar-refractivity contribution >= 4 is 29.1 Å². The highest BCUT2D eigenvalue weighted by Crippen LogP contribution is 2.33. The Balaban J connectivity index is 1.65. The van der Waals surface area contributed by atoms with Gasteiger partial charge in [0, 0.05) is 25.5 Å². The molecule has 2 aliphatic heterocycles. The number of rotatable bonds is 4. The van der Waals surface area contributed by atoms with E-state index in [0.29, 0.717) is 23.5 Å². The van der Waals surface area contributed by atoms with E-state index in [1.54, 1.807) is 13.3 Å². The minimum Gasteiger partial charge on any atom is -0.495 e. The summed E-state index contributed by atoms with van der Waals surface area (Å²) in [4.78, 5) is 13.1. The monoisotopic (exact) mass is 372 g/mol. The third kappa shape index (κ3) is 3.27. The van der Waals surface area contributed by atoms with Crippen molar-refractivity contribution < 1.29 is 4.74 Å². The predicted octanol–water partition coefficient (Wildman–Crippen LogP) is 2.71. The van der Waals surface area contributed by atoms with Crippen LogP contribution in [0.3, 0.4) is 0 Å². The molecule has 0 unspecified atom stereocenters. The topological polar surface area (TPSA) is 65.5 Å². The van der Waals surface area contributed by atoms with Gasteiger partial charge in [0.15, 0.2) is 5.82 Å². The summed E-state index contributed by atoms with van der Waals surface area (Å²) >= 11 is 6.26. The SMILES string of the molecule is COc1cc2c(cc1Nc1ncc(Cl)c(N3C=CNC3)n1)CN(C)CC2. The van der Waals surface area contributed by atoms with Crippen LogP contribution in [0.1, 0.15) is 11.1 Å². The molecule has 0 aliphatic carbocycles. The number of nitrogens with one attached hydrogen (secondary N) is 2. The van der Waals surface area contributed by atoms with E-state index in [1.807, 2.05) is 17.3 Å². The van der Waals surface area contributed by atoms with Crippen LogP contribution in [0.15, 0.2) is 30.7 Å². The van der Waals surface area contributed by atoms with Gasteiger partial charge >= 0.3 is 0 Å². The van der Waals surface area contributed by atoms with E-state index < -0.39 is 0 Å².